The minimum absolute atomic E-state index is 0.0867. The van der Waals surface area contributed by atoms with Gasteiger partial charge in [-0.25, -0.2) is 0 Å². The molecule has 0 fully saturated rings. The van der Waals surface area contributed by atoms with Crippen LogP contribution in [0.3, 0.4) is 0 Å². The van der Waals surface area contributed by atoms with Crippen molar-refractivity contribution in [3.8, 4) is 0 Å². The van der Waals surface area contributed by atoms with Crippen LogP contribution in [0.4, 0.5) is 0 Å². The fraction of sp³-hybridized carbons (Fsp3) is 0.529. The number of hydrogen-bond donors (Lipinski definition) is 1. The Kier molecular flexibility index (Phi) is 7.54. The Balaban J connectivity index is 2.24. The van der Waals surface area contributed by atoms with Gasteiger partial charge in [0.25, 0.3) is 0 Å². The molecule has 0 spiro atoms. The van der Waals surface area contributed by atoms with Gasteiger partial charge in [0.05, 0.1) is 0 Å². The Bertz CT molecular complexity index is 428. The van der Waals surface area contributed by atoms with E-state index in [0.29, 0.717) is 12.5 Å². The van der Waals surface area contributed by atoms with Crippen LogP contribution in [0.5, 0.6) is 0 Å². The van der Waals surface area contributed by atoms with E-state index in [0.717, 1.165) is 24.6 Å². The average molecular weight is 291 g/mol. The van der Waals surface area contributed by atoms with Gasteiger partial charge >= 0.3 is 0 Å². The van der Waals surface area contributed by atoms with Crippen molar-refractivity contribution in [2.75, 3.05) is 6.54 Å². The van der Waals surface area contributed by atoms with Crippen molar-refractivity contribution in [3.05, 3.63) is 35.9 Å². The fourth-order valence-corrected chi connectivity index (χ4v) is 2.42. The number of benzene rings is 1. The molecule has 0 aliphatic heterocycles. The number of carbonyl (C=O) groups is 1. The lowest BCUT2D eigenvalue weighted by Gasteiger charge is -2.14. The lowest BCUT2D eigenvalue weighted by Crippen LogP contribution is -2.33. The van der Waals surface area contributed by atoms with Gasteiger partial charge < -0.3 is 5.32 Å². The van der Waals surface area contributed by atoms with Crippen LogP contribution in [0.25, 0.3) is 0 Å². The van der Waals surface area contributed by atoms with Gasteiger partial charge in [-0.2, -0.15) is 0 Å². The topological polar surface area (TPSA) is 29.1 Å². The van der Waals surface area contributed by atoms with Crippen LogP contribution in [-0.4, -0.2) is 17.7 Å². The summed E-state index contributed by atoms with van der Waals surface area (Å²) in [6.45, 7) is 6.90. The second kappa shape index (κ2) is 8.92. The molecule has 1 unspecified atom stereocenters. The highest BCUT2D eigenvalue weighted by atomic mass is 31.0. The van der Waals surface area contributed by atoms with Crippen LogP contribution in [0, 0.1) is 11.8 Å². The van der Waals surface area contributed by atoms with Gasteiger partial charge in [0.2, 0.25) is 5.91 Å². The van der Waals surface area contributed by atoms with Crippen molar-refractivity contribution in [2.24, 2.45) is 11.8 Å². The van der Waals surface area contributed by atoms with Crippen LogP contribution >= 0.6 is 8.86 Å². The first-order valence-corrected chi connectivity index (χ1v) is 7.87. The number of rotatable bonds is 8. The fourth-order valence-electron chi connectivity index (χ4n) is 2.21. The van der Waals surface area contributed by atoms with Crippen molar-refractivity contribution < 1.29 is 4.79 Å². The van der Waals surface area contributed by atoms with Crippen LogP contribution < -0.4 is 5.32 Å². The molecular formula is C17H26NOP. The largest absolute Gasteiger partial charge is 0.352 e. The SMILES string of the molecule is CC(C)CC(C)C(=O)NCC(=P)CCc1ccccc1. The molecule has 0 aliphatic carbocycles. The zero-order chi connectivity index (χ0) is 15.0. The second-order valence-electron chi connectivity index (χ2n) is 5.84. The van der Waals surface area contributed by atoms with E-state index in [1.165, 1.54) is 5.56 Å². The molecule has 0 heterocycles. The van der Waals surface area contributed by atoms with Crippen molar-refractivity contribution >= 4 is 20.1 Å². The molecule has 1 rings (SSSR count). The summed E-state index contributed by atoms with van der Waals surface area (Å²) >= 11 is 0. The molecule has 0 aliphatic rings. The monoisotopic (exact) mass is 291 g/mol. The molecular weight excluding hydrogens is 265 g/mol. The maximum atomic E-state index is 11.9. The number of amides is 1. The van der Waals surface area contributed by atoms with Crippen molar-refractivity contribution in [3.63, 3.8) is 0 Å². The van der Waals surface area contributed by atoms with E-state index in [9.17, 15) is 4.79 Å². The van der Waals surface area contributed by atoms with Gasteiger partial charge in [0.1, 0.15) is 0 Å². The summed E-state index contributed by atoms with van der Waals surface area (Å²) in [5.74, 6) is 0.790. The van der Waals surface area contributed by atoms with Gasteiger partial charge in [-0.15, -0.1) is 8.86 Å². The van der Waals surface area contributed by atoms with Crippen molar-refractivity contribution in [1.29, 1.82) is 0 Å². The van der Waals surface area contributed by atoms with Crippen LogP contribution in [0.1, 0.15) is 39.2 Å². The van der Waals surface area contributed by atoms with Crippen LogP contribution in [0.2, 0.25) is 0 Å². The molecule has 0 saturated heterocycles. The lowest BCUT2D eigenvalue weighted by molar-refractivity contribution is -0.124. The lowest BCUT2D eigenvalue weighted by atomic mass is 9.98. The van der Waals surface area contributed by atoms with E-state index < -0.39 is 0 Å². The summed E-state index contributed by atoms with van der Waals surface area (Å²) in [5.41, 5.74) is 1.32. The molecule has 3 heteroatoms. The van der Waals surface area contributed by atoms with E-state index in [1.807, 2.05) is 13.0 Å². The van der Waals surface area contributed by atoms with Gasteiger partial charge in [-0.1, -0.05) is 51.1 Å². The molecule has 0 bridgehead atoms. The van der Waals surface area contributed by atoms with E-state index in [2.05, 4.69) is 52.3 Å². The Hall–Kier alpha value is -1.14. The highest BCUT2D eigenvalue weighted by Gasteiger charge is 2.13. The minimum Gasteiger partial charge on any atom is -0.352 e. The molecule has 110 valence electrons. The Morgan fingerprint density at radius 2 is 1.85 bits per heavy atom. The molecule has 1 atom stereocenters. The third kappa shape index (κ3) is 6.86. The van der Waals surface area contributed by atoms with Gasteiger partial charge in [0.15, 0.2) is 0 Å². The zero-order valence-electron chi connectivity index (χ0n) is 12.8. The Morgan fingerprint density at radius 3 is 2.45 bits per heavy atom. The number of aryl methyl sites for hydroxylation is 1. The molecule has 0 radical (unpaired) electrons. The molecule has 1 amide bonds. The summed E-state index contributed by atoms with van der Waals surface area (Å²) < 4.78 is 0. The van der Waals surface area contributed by atoms with E-state index in [4.69, 9.17) is 0 Å². The highest BCUT2D eigenvalue weighted by molar-refractivity contribution is 7.21. The first-order chi connectivity index (χ1) is 9.49. The van der Waals surface area contributed by atoms with Crippen LogP contribution in [0.15, 0.2) is 30.3 Å². The smallest absolute Gasteiger partial charge is 0.223 e. The number of carbonyl (C=O) groups excluding carboxylic acids is 1. The maximum absolute atomic E-state index is 11.9. The molecule has 1 aromatic carbocycles. The van der Waals surface area contributed by atoms with Gasteiger partial charge in [-0.3, -0.25) is 4.79 Å². The minimum atomic E-state index is 0.0867. The quantitative estimate of drug-likeness (QED) is 0.726. The van der Waals surface area contributed by atoms with Crippen molar-refractivity contribution in [2.45, 2.75) is 40.0 Å². The van der Waals surface area contributed by atoms with Gasteiger partial charge in [-0.05, 0) is 36.0 Å². The molecule has 20 heavy (non-hydrogen) atoms. The molecule has 0 aromatic heterocycles. The molecule has 1 N–H and O–H groups in total. The molecule has 2 nitrogen and oxygen atoms in total. The zero-order valence-corrected chi connectivity index (χ0v) is 13.8. The van der Waals surface area contributed by atoms with E-state index >= 15 is 0 Å². The van der Waals surface area contributed by atoms with E-state index in [1.54, 1.807) is 0 Å². The number of hydrogen-bond acceptors (Lipinski definition) is 1. The first kappa shape index (κ1) is 16.9. The Labute approximate surface area is 125 Å². The third-order valence-corrected chi connectivity index (χ3v) is 3.73. The van der Waals surface area contributed by atoms with E-state index in [-0.39, 0.29) is 11.8 Å². The number of nitrogens with one attached hydrogen (secondary N) is 1. The summed E-state index contributed by atoms with van der Waals surface area (Å²) in [7, 11) is 3.62. The maximum Gasteiger partial charge on any atom is 0.223 e. The first-order valence-electron chi connectivity index (χ1n) is 7.37. The third-order valence-electron chi connectivity index (χ3n) is 3.31. The molecule has 1 aromatic rings. The summed E-state index contributed by atoms with van der Waals surface area (Å²) in [6.07, 6.45) is 2.88. The average Bonchev–Trinajstić information content (AvgIpc) is 2.42. The molecule has 0 saturated carbocycles. The van der Waals surface area contributed by atoms with Gasteiger partial charge in [0, 0.05) is 12.5 Å². The Morgan fingerprint density at radius 1 is 1.20 bits per heavy atom. The second-order valence-corrected chi connectivity index (χ2v) is 6.54. The standard InChI is InChI=1S/C17H26NOP/c1-13(2)11-14(3)17(19)18-12-16(20)10-9-15-7-5-4-6-8-15/h4-8,13-14,20H,9-12H2,1-3H3,(H,18,19). The predicted octanol–water partition coefficient (Wildman–Crippen LogP) is 3.73. The summed E-state index contributed by atoms with van der Waals surface area (Å²) in [5, 5.41) is 4.14. The highest BCUT2D eigenvalue weighted by Crippen LogP contribution is 2.10. The summed E-state index contributed by atoms with van der Waals surface area (Å²) in [4.78, 5) is 11.9. The van der Waals surface area contributed by atoms with Crippen LogP contribution in [-0.2, 0) is 11.2 Å². The van der Waals surface area contributed by atoms with Crippen molar-refractivity contribution in [1.82, 2.24) is 5.32 Å². The summed E-state index contributed by atoms with van der Waals surface area (Å²) in [6, 6.07) is 10.4. The predicted molar refractivity (Wildman–Crippen MR) is 89.7 cm³/mol. The normalized spacial score (nSPS) is 12.2.